The van der Waals surface area contributed by atoms with Crippen LogP contribution >= 0.6 is 30.7 Å². The normalized spacial score (nSPS) is 22.2. The highest BCUT2D eigenvalue weighted by Crippen LogP contribution is 2.55. The molecule has 2 aliphatic heterocycles. The lowest BCUT2D eigenvalue weighted by Gasteiger charge is -2.50. The quantitative estimate of drug-likeness (QED) is 0.339. The van der Waals surface area contributed by atoms with Gasteiger partial charge in [0.25, 0.3) is 5.91 Å². The van der Waals surface area contributed by atoms with Crippen LogP contribution in [0.15, 0.2) is 28.5 Å². The van der Waals surface area contributed by atoms with E-state index in [0.29, 0.717) is 0 Å². The largest absolute Gasteiger partial charge is 0.461 e. The Labute approximate surface area is 162 Å². The standard InChI is InChI=1S/C15H17N2O7PS2/c1-8(18)24-6-9-7-27-15-12(13(20)17(15)14(9)25(21,22)23)16-11(19)5-10-3-2-4-26-10/h2-4,12,15H,5-7H2,1H3,(H,16,19)(H2,21,22,23)/t12-,15-/m1/s1. The molecule has 1 aromatic heterocycles. The zero-order chi connectivity index (χ0) is 19.8. The molecule has 2 amide bonds. The molecule has 0 aliphatic carbocycles. The van der Waals surface area contributed by atoms with Crippen molar-refractivity contribution in [1.29, 1.82) is 0 Å². The van der Waals surface area contributed by atoms with Crippen LogP contribution in [0.25, 0.3) is 0 Å². The molecule has 0 radical (unpaired) electrons. The van der Waals surface area contributed by atoms with Crippen LogP contribution in [0.1, 0.15) is 11.8 Å². The Morgan fingerprint density at radius 2 is 2.19 bits per heavy atom. The van der Waals surface area contributed by atoms with E-state index >= 15 is 0 Å². The lowest BCUT2D eigenvalue weighted by molar-refractivity contribution is -0.145. The van der Waals surface area contributed by atoms with Crippen molar-refractivity contribution in [3.05, 3.63) is 33.4 Å². The fourth-order valence-corrected chi connectivity index (χ4v) is 6.13. The van der Waals surface area contributed by atoms with Crippen molar-refractivity contribution in [2.45, 2.75) is 24.8 Å². The first-order chi connectivity index (χ1) is 12.7. The molecule has 27 heavy (non-hydrogen) atoms. The summed E-state index contributed by atoms with van der Waals surface area (Å²) in [4.78, 5) is 56.9. The molecular weight excluding hydrogens is 415 g/mol. The van der Waals surface area contributed by atoms with E-state index in [-0.39, 0.29) is 30.3 Å². The molecule has 3 heterocycles. The summed E-state index contributed by atoms with van der Waals surface area (Å²) in [5.74, 6) is -1.33. The number of fused-ring (bicyclic) bond motifs is 1. The van der Waals surface area contributed by atoms with Gasteiger partial charge in [-0.15, -0.1) is 23.1 Å². The summed E-state index contributed by atoms with van der Waals surface area (Å²) in [5, 5.41) is 3.88. The maximum Gasteiger partial charge on any atom is 0.372 e. The van der Waals surface area contributed by atoms with E-state index in [9.17, 15) is 28.7 Å². The molecule has 1 saturated heterocycles. The Bertz CT molecular complexity index is 848. The summed E-state index contributed by atoms with van der Waals surface area (Å²) in [6, 6.07) is 2.78. The number of nitrogens with one attached hydrogen (secondary N) is 1. The van der Waals surface area contributed by atoms with Gasteiger partial charge in [-0.2, -0.15) is 0 Å². The van der Waals surface area contributed by atoms with Crippen LogP contribution < -0.4 is 5.32 Å². The van der Waals surface area contributed by atoms with Gasteiger partial charge in [0.1, 0.15) is 23.5 Å². The third-order valence-electron chi connectivity index (χ3n) is 3.97. The lowest BCUT2D eigenvalue weighted by Crippen LogP contribution is -2.70. The molecule has 3 rings (SSSR count). The second kappa shape index (κ2) is 7.76. The van der Waals surface area contributed by atoms with Gasteiger partial charge in [0.2, 0.25) is 5.91 Å². The van der Waals surface area contributed by atoms with Crippen molar-refractivity contribution in [1.82, 2.24) is 10.2 Å². The van der Waals surface area contributed by atoms with Gasteiger partial charge in [0.05, 0.1) is 6.42 Å². The number of ether oxygens (including phenoxy) is 1. The summed E-state index contributed by atoms with van der Waals surface area (Å²) in [7, 11) is -4.77. The number of thiophene rings is 1. The summed E-state index contributed by atoms with van der Waals surface area (Å²) < 4.78 is 16.8. The molecule has 1 fully saturated rings. The zero-order valence-corrected chi connectivity index (χ0v) is 16.7. The highest BCUT2D eigenvalue weighted by Gasteiger charge is 2.56. The molecule has 3 N–H and O–H groups in total. The first-order valence-electron chi connectivity index (χ1n) is 7.86. The summed E-state index contributed by atoms with van der Waals surface area (Å²) in [5.41, 5.74) is -0.238. The van der Waals surface area contributed by atoms with Crippen molar-refractivity contribution in [2.75, 3.05) is 12.4 Å². The Morgan fingerprint density at radius 3 is 2.78 bits per heavy atom. The van der Waals surface area contributed by atoms with Crippen LogP contribution in [0.2, 0.25) is 0 Å². The smallest absolute Gasteiger partial charge is 0.372 e. The Kier molecular flexibility index (Phi) is 5.78. The second-order valence-electron chi connectivity index (χ2n) is 5.96. The molecule has 2 atom stereocenters. The van der Waals surface area contributed by atoms with Crippen molar-refractivity contribution in [3.63, 3.8) is 0 Å². The van der Waals surface area contributed by atoms with Gasteiger partial charge >= 0.3 is 13.6 Å². The van der Waals surface area contributed by atoms with Gasteiger partial charge in [-0.1, -0.05) is 6.07 Å². The number of esters is 1. The molecule has 0 aromatic carbocycles. The number of hydrogen-bond acceptors (Lipinski definition) is 7. The minimum Gasteiger partial charge on any atom is -0.461 e. The number of hydrogen-bond donors (Lipinski definition) is 3. The van der Waals surface area contributed by atoms with Gasteiger partial charge in [-0.3, -0.25) is 23.8 Å². The van der Waals surface area contributed by atoms with Crippen LogP contribution in [0.4, 0.5) is 0 Å². The van der Waals surface area contributed by atoms with Gasteiger partial charge in [-0.05, 0) is 11.4 Å². The predicted octanol–water partition coefficient (Wildman–Crippen LogP) is 0.643. The third kappa shape index (κ3) is 4.27. The van der Waals surface area contributed by atoms with Crippen molar-refractivity contribution >= 4 is 48.5 Å². The average Bonchev–Trinajstić information content (AvgIpc) is 3.08. The van der Waals surface area contributed by atoms with Crippen molar-refractivity contribution in [2.24, 2.45) is 0 Å². The van der Waals surface area contributed by atoms with Gasteiger partial charge in [0.15, 0.2) is 0 Å². The monoisotopic (exact) mass is 432 g/mol. The number of carbonyl (C=O) groups is 3. The number of nitrogens with zero attached hydrogens (tertiary/aromatic N) is 1. The van der Waals surface area contributed by atoms with Crippen LogP contribution in [0, 0.1) is 0 Å². The summed E-state index contributed by atoms with van der Waals surface area (Å²) >= 11 is 2.68. The molecule has 0 bridgehead atoms. The molecule has 0 saturated carbocycles. The minimum absolute atomic E-state index is 0.137. The number of thioether (sulfide) groups is 1. The molecule has 12 heteroatoms. The SMILES string of the molecule is CC(=O)OCC1=C(P(=O)(O)O)N2C(=O)[C@@H](NC(=O)Cc3cccs3)[C@H]2SC1. The van der Waals surface area contributed by atoms with Crippen LogP contribution in [0.5, 0.6) is 0 Å². The average molecular weight is 432 g/mol. The molecular formula is C15H17N2O7PS2. The number of amides is 2. The molecule has 0 spiro atoms. The van der Waals surface area contributed by atoms with Crippen LogP contribution in [0.3, 0.4) is 0 Å². The van der Waals surface area contributed by atoms with Crippen LogP contribution in [-0.2, 0) is 30.1 Å². The number of β-lactam (4-membered cyclic amide) rings is 1. The minimum atomic E-state index is -4.77. The predicted molar refractivity (Wildman–Crippen MR) is 98.7 cm³/mol. The fourth-order valence-electron chi connectivity index (χ4n) is 2.85. The van der Waals surface area contributed by atoms with E-state index in [4.69, 9.17) is 4.74 Å². The topological polar surface area (TPSA) is 133 Å². The molecule has 1 aromatic rings. The number of carbonyl (C=O) groups excluding carboxylic acids is 3. The van der Waals surface area contributed by atoms with E-state index in [2.05, 4.69) is 5.32 Å². The molecule has 2 aliphatic rings. The molecule has 9 nitrogen and oxygen atoms in total. The van der Waals surface area contributed by atoms with E-state index in [1.807, 2.05) is 17.5 Å². The Balaban J connectivity index is 1.74. The Hall–Kier alpha value is -1.65. The van der Waals surface area contributed by atoms with Gasteiger partial charge in [-0.25, -0.2) is 0 Å². The van der Waals surface area contributed by atoms with E-state index in [0.717, 1.165) is 9.78 Å². The summed E-state index contributed by atoms with van der Waals surface area (Å²) in [6.45, 7) is 0.888. The highest BCUT2D eigenvalue weighted by molar-refractivity contribution is 8.00. The molecule has 0 unspecified atom stereocenters. The van der Waals surface area contributed by atoms with Crippen molar-refractivity contribution < 1.29 is 33.5 Å². The number of rotatable bonds is 6. The van der Waals surface area contributed by atoms with E-state index < -0.39 is 36.3 Å². The Morgan fingerprint density at radius 1 is 1.44 bits per heavy atom. The first kappa shape index (κ1) is 20.1. The third-order valence-corrected chi connectivity index (χ3v) is 7.27. The van der Waals surface area contributed by atoms with E-state index in [1.54, 1.807) is 0 Å². The lowest BCUT2D eigenvalue weighted by atomic mass is 10.1. The zero-order valence-electron chi connectivity index (χ0n) is 14.2. The van der Waals surface area contributed by atoms with E-state index in [1.165, 1.54) is 30.0 Å². The van der Waals surface area contributed by atoms with Crippen molar-refractivity contribution in [3.8, 4) is 0 Å². The maximum absolute atomic E-state index is 12.5. The molecule has 146 valence electrons. The second-order valence-corrected chi connectivity index (χ2v) is 9.61. The van der Waals surface area contributed by atoms with Crippen LogP contribution in [-0.4, -0.2) is 56.2 Å². The fraction of sp³-hybridized carbons (Fsp3) is 0.400. The van der Waals surface area contributed by atoms with Gasteiger partial charge in [0, 0.05) is 23.1 Å². The summed E-state index contributed by atoms with van der Waals surface area (Å²) in [6.07, 6.45) is 0.137. The first-order valence-corrected chi connectivity index (χ1v) is 11.4. The maximum atomic E-state index is 12.5. The van der Waals surface area contributed by atoms with Gasteiger partial charge < -0.3 is 19.8 Å². The highest BCUT2D eigenvalue weighted by atomic mass is 32.2.